The third-order valence-corrected chi connectivity index (χ3v) is 3.21. The zero-order valence-electron chi connectivity index (χ0n) is 12.3. The van der Waals surface area contributed by atoms with Crippen molar-refractivity contribution in [2.45, 2.75) is 0 Å². The van der Waals surface area contributed by atoms with E-state index in [2.05, 4.69) is 9.98 Å². The fourth-order valence-corrected chi connectivity index (χ4v) is 2.18. The normalized spacial score (nSPS) is 15.8. The van der Waals surface area contributed by atoms with Crippen LogP contribution in [0.2, 0.25) is 0 Å². The Bertz CT molecular complexity index is 592. The van der Waals surface area contributed by atoms with Gasteiger partial charge in [0.05, 0.1) is 13.1 Å². The van der Waals surface area contributed by atoms with Crippen LogP contribution in [-0.2, 0) is 9.47 Å². The highest BCUT2D eigenvalue weighted by atomic mass is 16.5. The van der Waals surface area contributed by atoms with Gasteiger partial charge in [-0.15, -0.1) is 0 Å². The second kappa shape index (κ2) is 7.41. The Labute approximate surface area is 130 Å². The molecule has 112 valence electrons. The van der Waals surface area contributed by atoms with Crippen LogP contribution in [0.1, 0.15) is 11.1 Å². The summed E-state index contributed by atoms with van der Waals surface area (Å²) < 4.78 is 10.6. The minimum atomic E-state index is 0.726. The van der Waals surface area contributed by atoms with E-state index in [1.165, 1.54) is 0 Å². The highest BCUT2D eigenvalue weighted by molar-refractivity contribution is 5.95. The van der Waals surface area contributed by atoms with E-state index < -0.39 is 0 Å². The smallest absolute Gasteiger partial charge is 0.216 e. The molecule has 2 heterocycles. The zero-order valence-corrected chi connectivity index (χ0v) is 12.3. The quantitative estimate of drug-likeness (QED) is 0.854. The van der Waals surface area contributed by atoms with Crippen LogP contribution in [0.15, 0.2) is 70.6 Å². The summed E-state index contributed by atoms with van der Waals surface area (Å²) >= 11 is 0. The maximum Gasteiger partial charge on any atom is 0.216 e. The van der Waals surface area contributed by atoms with E-state index in [0.29, 0.717) is 0 Å². The van der Waals surface area contributed by atoms with E-state index in [4.69, 9.17) is 9.47 Å². The summed E-state index contributed by atoms with van der Waals surface area (Å²) in [6.07, 6.45) is 0. The number of aliphatic imine (C=N–C) groups is 2. The molecular weight excluding hydrogens is 276 g/mol. The largest absolute Gasteiger partial charge is 0.476 e. The average molecular weight is 294 g/mol. The molecule has 4 rings (SSSR count). The predicted molar refractivity (Wildman–Crippen MR) is 87.6 cm³/mol. The second-order valence-corrected chi connectivity index (χ2v) is 4.80. The summed E-state index contributed by atoms with van der Waals surface area (Å²) in [6.45, 7) is 3.04. The molecule has 0 saturated heterocycles. The van der Waals surface area contributed by atoms with Gasteiger partial charge in [0.1, 0.15) is 13.2 Å². The van der Waals surface area contributed by atoms with E-state index >= 15 is 0 Å². The molecule has 0 spiro atoms. The Morgan fingerprint density at radius 3 is 1.32 bits per heavy atom. The van der Waals surface area contributed by atoms with Crippen LogP contribution in [0.25, 0.3) is 0 Å². The van der Waals surface area contributed by atoms with Gasteiger partial charge < -0.3 is 9.47 Å². The van der Waals surface area contributed by atoms with Crippen LogP contribution in [0, 0.1) is 0 Å². The van der Waals surface area contributed by atoms with Gasteiger partial charge in [-0.05, 0) is 24.3 Å². The number of ether oxygens (including phenoxy) is 2. The van der Waals surface area contributed by atoms with Gasteiger partial charge in [-0.2, -0.15) is 0 Å². The van der Waals surface area contributed by atoms with Crippen molar-refractivity contribution >= 4 is 11.8 Å². The van der Waals surface area contributed by atoms with Crippen molar-refractivity contribution < 1.29 is 9.47 Å². The van der Waals surface area contributed by atoms with Gasteiger partial charge in [0.2, 0.25) is 11.8 Å². The molecule has 0 aromatic heterocycles. The van der Waals surface area contributed by atoms with Crippen molar-refractivity contribution in [1.82, 2.24) is 0 Å². The third kappa shape index (κ3) is 3.73. The van der Waals surface area contributed by atoms with E-state index in [1.807, 2.05) is 60.7 Å². The molecule has 0 atom stereocenters. The number of nitrogens with zero attached hydrogens (tertiary/aromatic N) is 2. The summed E-state index contributed by atoms with van der Waals surface area (Å²) in [6, 6.07) is 19.9. The molecule has 2 aliphatic rings. The molecule has 0 bridgehead atoms. The first-order valence-corrected chi connectivity index (χ1v) is 7.39. The van der Waals surface area contributed by atoms with Crippen molar-refractivity contribution in [3.63, 3.8) is 0 Å². The van der Waals surface area contributed by atoms with E-state index in [9.17, 15) is 0 Å². The number of rotatable bonds is 2. The Kier molecular flexibility index (Phi) is 4.82. The number of hydrogen-bond acceptors (Lipinski definition) is 4. The van der Waals surface area contributed by atoms with Crippen molar-refractivity contribution in [2.75, 3.05) is 26.3 Å². The average Bonchev–Trinajstić information content (AvgIpc) is 3.31. The highest BCUT2D eigenvalue weighted by Crippen LogP contribution is 2.07. The van der Waals surface area contributed by atoms with Gasteiger partial charge >= 0.3 is 0 Å². The SMILES string of the molecule is c1ccc(C2=NCCO2)cc1.c1ccc(C2=NCCO2)cc1. The van der Waals surface area contributed by atoms with Gasteiger partial charge in [-0.1, -0.05) is 36.4 Å². The maximum atomic E-state index is 5.29. The molecule has 0 unspecified atom stereocenters. The van der Waals surface area contributed by atoms with Gasteiger partial charge in [0.15, 0.2) is 0 Å². The van der Waals surface area contributed by atoms with Gasteiger partial charge in [0.25, 0.3) is 0 Å². The van der Waals surface area contributed by atoms with Crippen LogP contribution in [-0.4, -0.2) is 38.1 Å². The molecule has 0 N–H and O–H groups in total. The first-order valence-electron chi connectivity index (χ1n) is 7.39. The molecule has 2 aromatic carbocycles. The zero-order chi connectivity index (χ0) is 15.0. The third-order valence-electron chi connectivity index (χ3n) is 3.21. The number of hydrogen-bond donors (Lipinski definition) is 0. The number of benzene rings is 2. The first kappa shape index (κ1) is 14.3. The Morgan fingerprint density at radius 2 is 1.00 bits per heavy atom. The van der Waals surface area contributed by atoms with Crippen LogP contribution < -0.4 is 0 Å². The van der Waals surface area contributed by atoms with Gasteiger partial charge in [-0.25, -0.2) is 9.98 Å². The monoisotopic (exact) mass is 294 g/mol. The van der Waals surface area contributed by atoms with Gasteiger partial charge in [-0.3, -0.25) is 0 Å². The molecule has 2 aliphatic heterocycles. The van der Waals surface area contributed by atoms with Crippen LogP contribution in [0.3, 0.4) is 0 Å². The van der Waals surface area contributed by atoms with Gasteiger partial charge in [0, 0.05) is 11.1 Å². The van der Waals surface area contributed by atoms with Crippen LogP contribution >= 0.6 is 0 Å². The summed E-state index contributed by atoms with van der Waals surface area (Å²) in [5, 5.41) is 0. The maximum absolute atomic E-state index is 5.29. The van der Waals surface area contributed by atoms with Crippen LogP contribution in [0.4, 0.5) is 0 Å². The predicted octanol–water partition coefficient (Wildman–Crippen LogP) is 2.93. The molecule has 0 radical (unpaired) electrons. The molecule has 0 aliphatic carbocycles. The molecular formula is C18H18N2O2. The fraction of sp³-hybridized carbons (Fsp3) is 0.222. The van der Waals surface area contributed by atoms with E-state index in [1.54, 1.807) is 0 Å². The Hall–Kier alpha value is -2.62. The molecule has 4 nitrogen and oxygen atoms in total. The van der Waals surface area contributed by atoms with E-state index in [-0.39, 0.29) is 0 Å². The van der Waals surface area contributed by atoms with Crippen LogP contribution in [0.5, 0.6) is 0 Å². The minimum absolute atomic E-state index is 0.726. The van der Waals surface area contributed by atoms with Crippen molar-refractivity contribution in [2.24, 2.45) is 9.98 Å². The summed E-state index contributed by atoms with van der Waals surface area (Å²) in [4.78, 5) is 8.40. The molecule has 0 saturated carbocycles. The molecule has 4 heteroatoms. The second-order valence-electron chi connectivity index (χ2n) is 4.80. The molecule has 2 aromatic rings. The fourth-order valence-electron chi connectivity index (χ4n) is 2.18. The molecule has 22 heavy (non-hydrogen) atoms. The molecule has 0 amide bonds. The summed E-state index contributed by atoms with van der Waals surface area (Å²) in [7, 11) is 0. The van der Waals surface area contributed by atoms with Crippen molar-refractivity contribution in [3.8, 4) is 0 Å². The first-order chi connectivity index (χ1) is 10.9. The summed E-state index contributed by atoms with van der Waals surface area (Å²) in [5.74, 6) is 1.57. The minimum Gasteiger partial charge on any atom is -0.476 e. The van der Waals surface area contributed by atoms with Crippen molar-refractivity contribution in [3.05, 3.63) is 71.8 Å². The van der Waals surface area contributed by atoms with E-state index in [0.717, 1.165) is 49.2 Å². The Balaban J connectivity index is 0.000000131. The summed E-state index contributed by atoms with van der Waals surface area (Å²) in [5.41, 5.74) is 2.15. The lowest BCUT2D eigenvalue weighted by Crippen LogP contribution is -1.99. The lowest BCUT2D eigenvalue weighted by Gasteiger charge is -1.98. The standard InChI is InChI=1S/2C9H9NO/c2*1-2-4-8(5-3-1)9-10-6-7-11-9/h2*1-5H,6-7H2. The highest BCUT2D eigenvalue weighted by Gasteiger charge is 2.08. The Morgan fingerprint density at radius 1 is 0.591 bits per heavy atom. The molecule has 0 fully saturated rings. The topological polar surface area (TPSA) is 43.2 Å². The lowest BCUT2D eigenvalue weighted by molar-refractivity contribution is 0.348. The lowest BCUT2D eigenvalue weighted by atomic mass is 10.2. The van der Waals surface area contributed by atoms with Crippen molar-refractivity contribution in [1.29, 1.82) is 0 Å².